The van der Waals surface area contributed by atoms with E-state index in [9.17, 15) is 13.2 Å². The predicted octanol–water partition coefficient (Wildman–Crippen LogP) is 4.37. The molecule has 1 aliphatic rings. The molecule has 3 unspecified atom stereocenters. The molecule has 2 nitrogen and oxygen atoms in total. The average Bonchev–Trinajstić information content (AvgIpc) is 2.42. The fourth-order valence-corrected chi connectivity index (χ4v) is 2.81. The summed E-state index contributed by atoms with van der Waals surface area (Å²) in [5.41, 5.74) is 5.15. The Kier molecular flexibility index (Phi) is 4.81. The van der Waals surface area contributed by atoms with Crippen molar-refractivity contribution < 1.29 is 17.9 Å². The van der Waals surface area contributed by atoms with Gasteiger partial charge in [0.05, 0.1) is 11.7 Å². The van der Waals surface area contributed by atoms with Gasteiger partial charge in [-0.1, -0.05) is 19.9 Å². The van der Waals surface area contributed by atoms with Gasteiger partial charge in [0, 0.05) is 6.54 Å². The van der Waals surface area contributed by atoms with Gasteiger partial charge in [0.1, 0.15) is 5.75 Å². The average molecular weight is 301 g/mol. The number of hydrogen-bond acceptors (Lipinski definition) is 2. The molecule has 3 atom stereocenters. The van der Waals surface area contributed by atoms with Crippen LogP contribution < -0.4 is 10.5 Å². The van der Waals surface area contributed by atoms with Gasteiger partial charge < -0.3 is 10.5 Å². The Balaban J connectivity index is 2.19. The molecule has 5 heteroatoms. The summed E-state index contributed by atoms with van der Waals surface area (Å²) in [7, 11) is 0. The van der Waals surface area contributed by atoms with Gasteiger partial charge in [0.25, 0.3) is 0 Å². The van der Waals surface area contributed by atoms with Crippen molar-refractivity contribution in [3.63, 3.8) is 0 Å². The van der Waals surface area contributed by atoms with Crippen molar-refractivity contribution >= 4 is 0 Å². The van der Waals surface area contributed by atoms with Crippen LogP contribution in [-0.4, -0.2) is 6.10 Å². The van der Waals surface area contributed by atoms with E-state index in [1.807, 2.05) is 0 Å². The Morgan fingerprint density at radius 3 is 2.48 bits per heavy atom. The van der Waals surface area contributed by atoms with Crippen LogP contribution >= 0.6 is 0 Å². The van der Waals surface area contributed by atoms with Crippen molar-refractivity contribution in [1.82, 2.24) is 0 Å². The lowest BCUT2D eigenvalue weighted by Crippen LogP contribution is -2.29. The SMILES string of the molecule is CC1CCC(Oc2ccc(CN)cc2C(F)(F)F)CC1C. The quantitative estimate of drug-likeness (QED) is 0.900. The van der Waals surface area contributed by atoms with E-state index in [-0.39, 0.29) is 18.4 Å². The summed E-state index contributed by atoms with van der Waals surface area (Å²) in [6.45, 7) is 4.39. The third-order valence-electron chi connectivity index (χ3n) is 4.43. The Bertz CT molecular complexity index is 487. The zero-order chi connectivity index (χ0) is 15.6. The maximum absolute atomic E-state index is 13.1. The first kappa shape index (κ1) is 16.1. The van der Waals surface area contributed by atoms with E-state index < -0.39 is 11.7 Å². The zero-order valence-electron chi connectivity index (χ0n) is 12.4. The van der Waals surface area contributed by atoms with E-state index in [0.29, 0.717) is 17.4 Å². The highest BCUT2D eigenvalue weighted by Gasteiger charge is 2.36. The van der Waals surface area contributed by atoms with Crippen LogP contribution in [0.25, 0.3) is 0 Å². The minimum absolute atomic E-state index is 0.0774. The van der Waals surface area contributed by atoms with Crippen LogP contribution in [0, 0.1) is 11.8 Å². The lowest BCUT2D eigenvalue weighted by atomic mass is 9.80. The number of alkyl halides is 3. The molecule has 1 saturated carbocycles. The van der Waals surface area contributed by atoms with Crippen molar-refractivity contribution in [2.24, 2.45) is 17.6 Å². The van der Waals surface area contributed by atoms with Crippen LogP contribution in [0.15, 0.2) is 18.2 Å². The van der Waals surface area contributed by atoms with E-state index in [1.165, 1.54) is 6.07 Å². The molecule has 2 N–H and O–H groups in total. The molecule has 2 rings (SSSR count). The first-order valence-corrected chi connectivity index (χ1v) is 7.38. The second-order valence-corrected chi connectivity index (χ2v) is 6.04. The molecule has 1 aromatic rings. The number of benzene rings is 1. The van der Waals surface area contributed by atoms with Gasteiger partial charge in [-0.05, 0) is 48.8 Å². The number of halogens is 3. The summed E-state index contributed by atoms with van der Waals surface area (Å²) in [5, 5.41) is 0. The molecule has 0 saturated heterocycles. The molecule has 0 spiro atoms. The van der Waals surface area contributed by atoms with Crippen molar-refractivity contribution in [3.05, 3.63) is 29.3 Å². The summed E-state index contributed by atoms with van der Waals surface area (Å²) in [6, 6.07) is 4.08. The maximum atomic E-state index is 13.1. The molecular weight excluding hydrogens is 279 g/mol. The smallest absolute Gasteiger partial charge is 0.419 e. The van der Waals surface area contributed by atoms with Gasteiger partial charge in [-0.2, -0.15) is 13.2 Å². The molecule has 0 bridgehead atoms. The van der Waals surface area contributed by atoms with Gasteiger partial charge in [-0.3, -0.25) is 0 Å². The van der Waals surface area contributed by atoms with E-state index >= 15 is 0 Å². The van der Waals surface area contributed by atoms with Gasteiger partial charge in [0.2, 0.25) is 0 Å². The zero-order valence-corrected chi connectivity index (χ0v) is 12.4. The lowest BCUT2D eigenvalue weighted by molar-refractivity contribution is -0.139. The van der Waals surface area contributed by atoms with Gasteiger partial charge >= 0.3 is 6.18 Å². The summed E-state index contributed by atoms with van der Waals surface area (Å²) in [4.78, 5) is 0. The fourth-order valence-electron chi connectivity index (χ4n) is 2.81. The second-order valence-electron chi connectivity index (χ2n) is 6.04. The Hall–Kier alpha value is -1.23. The van der Waals surface area contributed by atoms with Gasteiger partial charge in [-0.15, -0.1) is 0 Å². The number of nitrogens with two attached hydrogens (primary N) is 1. The summed E-state index contributed by atoms with van der Waals surface area (Å²) >= 11 is 0. The molecule has 1 aromatic carbocycles. The second kappa shape index (κ2) is 6.26. The summed E-state index contributed by atoms with van der Waals surface area (Å²) in [6.07, 6.45) is -1.96. The monoisotopic (exact) mass is 301 g/mol. The van der Waals surface area contributed by atoms with E-state index in [1.54, 1.807) is 6.07 Å². The fraction of sp³-hybridized carbons (Fsp3) is 0.625. The van der Waals surface area contributed by atoms with Crippen molar-refractivity contribution in [2.75, 3.05) is 0 Å². The van der Waals surface area contributed by atoms with Crippen LogP contribution in [0.5, 0.6) is 5.75 Å². The Morgan fingerprint density at radius 1 is 1.19 bits per heavy atom. The number of rotatable bonds is 3. The Morgan fingerprint density at radius 2 is 1.90 bits per heavy atom. The van der Waals surface area contributed by atoms with Crippen LogP contribution in [0.1, 0.15) is 44.2 Å². The largest absolute Gasteiger partial charge is 0.490 e. The lowest BCUT2D eigenvalue weighted by Gasteiger charge is -2.32. The van der Waals surface area contributed by atoms with E-state index in [2.05, 4.69) is 13.8 Å². The first-order valence-electron chi connectivity index (χ1n) is 7.38. The van der Waals surface area contributed by atoms with Crippen LogP contribution in [0.4, 0.5) is 13.2 Å². The third kappa shape index (κ3) is 3.90. The topological polar surface area (TPSA) is 35.2 Å². The maximum Gasteiger partial charge on any atom is 0.419 e. The van der Waals surface area contributed by atoms with Crippen LogP contribution in [-0.2, 0) is 12.7 Å². The minimum atomic E-state index is -4.42. The number of hydrogen-bond donors (Lipinski definition) is 1. The van der Waals surface area contributed by atoms with E-state index in [4.69, 9.17) is 10.5 Å². The van der Waals surface area contributed by atoms with Crippen LogP contribution in [0.3, 0.4) is 0 Å². The molecule has 0 heterocycles. The predicted molar refractivity (Wildman–Crippen MR) is 75.9 cm³/mol. The normalized spacial score (nSPS) is 26.7. The molecule has 0 aliphatic heterocycles. The highest BCUT2D eigenvalue weighted by atomic mass is 19.4. The number of ether oxygens (including phenoxy) is 1. The minimum Gasteiger partial charge on any atom is -0.490 e. The molecule has 0 radical (unpaired) electrons. The molecule has 0 aromatic heterocycles. The van der Waals surface area contributed by atoms with Crippen molar-refractivity contribution in [3.8, 4) is 5.75 Å². The molecule has 118 valence electrons. The third-order valence-corrected chi connectivity index (χ3v) is 4.43. The molecule has 1 fully saturated rings. The van der Waals surface area contributed by atoms with Crippen LogP contribution in [0.2, 0.25) is 0 Å². The van der Waals surface area contributed by atoms with Crippen molar-refractivity contribution in [2.45, 2.75) is 51.9 Å². The first-order chi connectivity index (χ1) is 9.81. The van der Waals surface area contributed by atoms with Gasteiger partial charge in [0.15, 0.2) is 0 Å². The molecule has 0 amide bonds. The highest BCUT2D eigenvalue weighted by molar-refractivity contribution is 5.39. The molecular formula is C16H22F3NO. The molecule has 21 heavy (non-hydrogen) atoms. The summed E-state index contributed by atoms with van der Waals surface area (Å²) < 4.78 is 45.1. The standard InChI is InChI=1S/C16H22F3NO/c1-10-3-5-13(7-11(10)2)21-15-6-4-12(9-20)8-14(15)16(17,18)19/h4,6,8,10-11,13H,3,5,7,9,20H2,1-2H3. The highest BCUT2D eigenvalue weighted by Crippen LogP contribution is 2.39. The van der Waals surface area contributed by atoms with E-state index in [0.717, 1.165) is 25.3 Å². The van der Waals surface area contributed by atoms with Crippen molar-refractivity contribution in [1.29, 1.82) is 0 Å². The Labute approximate surface area is 123 Å². The van der Waals surface area contributed by atoms with Gasteiger partial charge in [-0.25, -0.2) is 0 Å². The molecule has 1 aliphatic carbocycles. The summed E-state index contributed by atoms with van der Waals surface area (Å²) in [5.74, 6) is 0.999.